The molecule has 10 heterocycles. The lowest BCUT2D eigenvalue weighted by Crippen LogP contribution is -2.60. The molecule has 5 saturated heterocycles. The molecule has 7 amide bonds. The van der Waals surface area contributed by atoms with Crippen molar-refractivity contribution in [2.75, 3.05) is 65.4 Å². The second kappa shape index (κ2) is 41.0. The molecule has 15 aromatic rings. The van der Waals surface area contributed by atoms with Crippen LogP contribution in [0.3, 0.4) is 0 Å². The van der Waals surface area contributed by atoms with Crippen molar-refractivity contribution in [3.05, 3.63) is 526 Å². The van der Waals surface area contributed by atoms with Gasteiger partial charge in [0.15, 0.2) is 11.3 Å². The van der Waals surface area contributed by atoms with Crippen LogP contribution >= 0.6 is 96.5 Å². The molecule has 10 aliphatic rings. The Morgan fingerprint density at radius 2 is 0.521 bits per heavy atom. The van der Waals surface area contributed by atoms with Crippen LogP contribution in [-0.4, -0.2) is 156 Å². The van der Waals surface area contributed by atoms with E-state index in [1.807, 2.05) is 278 Å². The third kappa shape index (κ3) is 17.2. The monoisotopic (exact) mass is 2210 g/mol. The Hall–Kier alpha value is -13.0. The molecular weight excluding hydrogens is 2120 g/mol. The Morgan fingerprint density at radius 3 is 0.836 bits per heavy atom. The lowest BCUT2D eigenvalue weighted by Gasteiger charge is -2.51. The maximum Gasteiger partial charge on any atom is 0.256 e. The quantitative estimate of drug-likeness (QED) is 0.102. The molecule has 5 unspecified atom stereocenters. The third-order valence-corrected chi connectivity index (χ3v) is 32.3. The van der Waals surface area contributed by atoms with Gasteiger partial charge in [0.05, 0.1) is 0 Å². The molecule has 146 heavy (non-hydrogen) atoms. The first-order chi connectivity index (χ1) is 70.9. The highest BCUT2D eigenvalue weighted by Crippen LogP contribution is 2.57. The van der Waals surface area contributed by atoms with E-state index >= 15 is 0 Å². The van der Waals surface area contributed by atoms with Gasteiger partial charge in [-0.05, 0) is 252 Å². The molecule has 0 spiro atoms. The molecule has 0 bridgehead atoms. The maximum absolute atomic E-state index is 13.6. The standard InChI is InChI=1S/C25H22ClFN2O.C25H23FN2O.C24H20Cl2N2O.C23H16BrClN2O2.C23H16ClIN2O2/c26-20-11-9-19(10-12-20)25-23-6-2-1-5-22(23)24(30)29(25)16-4-3-15-28(25)17-18-7-13-21(27)14-8-18;1-18-7-11-20(12-8-18)25-23-6-3-2-5-22(23)24(29)28(25)16-4-15-27(25)17-19-9-13-21(26)14-10-19;25-19-10-6-17(7-11-19)16-27-14-3-15-28-23(29)21-4-1-2-5-22(21)24(27,28)18-8-12-20(26)13-9-18;24-17-9-5-15(6-10-17)21(28)26-13-14-27-22(29)19-3-1-2-4-20(19)23(26,27)16-7-11-18(25)12-8-16;24-17-9-7-16(8-10-17)23-20-4-2-1-3-19(20)22(29)27(23)14-13-26(23)21(28)15-5-11-18(25)12-6-15/h1-2,5-14H,3-4,15-17H2;2-3,5-14H,4,15-17H2,1H3;1-2,4-13H,3,14-16H2;2*1-12H,13-14H2. The lowest BCUT2D eigenvalue weighted by atomic mass is 9.86. The fourth-order valence-electron chi connectivity index (χ4n) is 23.5. The van der Waals surface area contributed by atoms with Crippen molar-refractivity contribution < 1.29 is 42.3 Å². The van der Waals surface area contributed by atoms with E-state index in [4.69, 9.17) is 58.0 Å². The van der Waals surface area contributed by atoms with Crippen molar-refractivity contribution in [2.24, 2.45) is 0 Å². The summed E-state index contributed by atoms with van der Waals surface area (Å²) in [7, 11) is 0. The molecule has 5 fully saturated rings. The average molecular weight is 2210 g/mol. The Morgan fingerprint density at radius 1 is 0.281 bits per heavy atom. The van der Waals surface area contributed by atoms with E-state index in [2.05, 4.69) is 115 Å². The van der Waals surface area contributed by atoms with Gasteiger partial charge in [-0.25, -0.2) is 8.78 Å². The van der Waals surface area contributed by atoms with Crippen LogP contribution in [0.4, 0.5) is 8.78 Å². The summed E-state index contributed by atoms with van der Waals surface area (Å²) in [6.07, 6.45) is 3.77. The number of hydrogen-bond acceptors (Lipinski definition) is 10. The number of nitrogens with zero attached hydrogens (tertiary/aromatic N) is 10. The van der Waals surface area contributed by atoms with Gasteiger partial charge in [0.2, 0.25) is 0 Å². The summed E-state index contributed by atoms with van der Waals surface area (Å²) < 4.78 is 28.9. The summed E-state index contributed by atoms with van der Waals surface area (Å²) in [5.41, 5.74) is 14.9. The number of rotatable bonds is 13. The number of fused-ring (bicyclic) bond motifs is 15. The largest absolute Gasteiger partial charge is 0.312 e. The number of halogens is 9. The molecule has 0 N–H and O–H groups in total. The summed E-state index contributed by atoms with van der Waals surface area (Å²) in [6.45, 7) is 10.7. The zero-order valence-corrected chi connectivity index (χ0v) is 86.9. The average Bonchev–Trinajstić information content (AvgIpc) is 1.53. The molecule has 5 atom stereocenters. The number of aryl methyl sites for hydroxylation is 1. The number of carbonyl (C=O) groups excluding carboxylic acids is 7. The zero-order valence-electron chi connectivity index (χ0n) is 79.4. The minimum atomic E-state index is -0.970. The van der Waals surface area contributed by atoms with Gasteiger partial charge in [-0.15, -0.1) is 0 Å². The minimum Gasteiger partial charge on any atom is -0.312 e. The molecule has 0 aromatic heterocycles. The molecule has 0 aliphatic carbocycles. The number of amides is 7. The van der Waals surface area contributed by atoms with Crippen molar-refractivity contribution >= 4 is 138 Å². The maximum atomic E-state index is 13.6. The van der Waals surface area contributed by atoms with Gasteiger partial charge in [-0.2, -0.15) is 0 Å². The summed E-state index contributed by atoms with van der Waals surface area (Å²) in [4.78, 5) is 114. The van der Waals surface area contributed by atoms with Crippen LogP contribution in [0, 0.1) is 22.1 Å². The van der Waals surface area contributed by atoms with Gasteiger partial charge in [-0.3, -0.25) is 48.3 Å². The van der Waals surface area contributed by atoms with Crippen LogP contribution in [0.25, 0.3) is 0 Å². The van der Waals surface area contributed by atoms with Crippen LogP contribution in [0.2, 0.25) is 25.1 Å². The van der Waals surface area contributed by atoms with Crippen molar-refractivity contribution in [1.29, 1.82) is 0 Å². The molecule has 732 valence electrons. The van der Waals surface area contributed by atoms with E-state index in [9.17, 15) is 42.3 Å². The van der Waals surface area contributed by atoms with Gasteiger partial charge in [0, 0.05) is 196 Å². The number of hydrogen-bond donors (Lipinski definition) is 0. The van der Waals surface area contributed by atoms with E-state index in [1.54, 1.807) is 41.3 Å². The van der Waals surface area contributed by atoms with Crippen LogP contribution in [-0.2, 0) is 47.9 Å². The van der Waals surface area contributed by atoms with E-state index in [0.29, 0.717) is 88.2 Å². The van der Waals surface area contributed by atoms with Gasteiger partial charge in [0.25, 0.3) is 41.4 Å². The second-order valence-electron chi connectivity index (χ2n) is 37.8. The first-order valence-corrected chi connectivity index (χ1v) is 52.5. The predicted octanol–water partition coefficient (Wildman–Crippen LogP) is 25.4. The van der Waals surface area contributed by atoms with Crippen molar-refractivity contribution in [3.8, 4) is 0 Å². The third-order valence-electron chi connectivity index (χ3n) is 29.7. The highest BCUT2D eigenvalue weighted by atomic mass is 127. The molecule has 25 rings (SSSR count). The normalized spacial score (nSPS) is 20.7. The van der Waals surface area contributed by atoms with E-state index in [-0.39, 0.29) is 53.0 Å². The fourth-order valence-corrected chi connectivity index (χ4v) is 24.8. The number of benzene rings is 15. The highest BCUT2D eigenvalue weighted by molar-refractivity contribution is 14.1. The van der Waals surface area contributed by atoms with Crippen LogP contribution in [0.1, 0.15) is 176 Å². The van der Waals surface area contributed by atoms with Gasteiger partial charge in [-0.1, -0.05) is 280 Å². The van der Waals surface area contributed by atoms with Crippen molar-refractivity contribution in [1.82, 2.24) is 49.0 Å². The van der Waals surface area contributed by atoms with Crippen LogP contribution in [0.15, 0.2) is 368 Å². The molecule has 0 saturated carbocycles. The van der Waals surface area contributed by atoms with Gasteiger partial charge in [0.1, 0.15) is 28.6 Å². The number of carbonyl (C=O) groups is 7. The SMILES string of the molecule is Cc1ccc(C23c4ccccc4C(=O)N2CCCN3Cc2ccc(F)cc2)cc1.O=C(c1ccc(Br)cc1)N1CCN2C(=O)c3ccccc3C12c1ccc(Cl)cc1.O=C(c1ccc(I)cc1)N1CCN2C(=O)c3ccccc3C12c1ccc(Cl)cc1.O=C1c2ccccc2C2(c3ccc(Cl)cc3)N(Cc3ccc(Cl)cc3)CCCN12.O=C1c2ccccc2C2(c3ccc(Cl)cc3)N(Cc3ccc(F)cc3)CCCCN12. The van der Waals surface area contributed by atoms with Gasteiger partial charge < -0.3 is 34.3 Å². The van der Waals surface area contributed by atoms with Crippen LogP contribution in [0.5, 0.6) is 0 Å². The predicted molar refractivity (Wildman–Crippen MR) is 578 cm³/mol. The Bertz CT molecular complexity index is 7190. The van der Waals surface area contributed by atoms with Crippen molar-refractivity contribution in [2.45, 2.75) is 80.6 Å². The summed E-state index contributed by atoms with van der Waals surface area (Å²) in [5, 5.41) is 3.30. The van der Waals surface area contributed by atoms with Gasteiger partial charge >= 0.3 is 0 Å². The minimum absolute atomic E-state index is 0.0477. The zero-order chi connectivity index (χ0) is 101. The molecule has 17 nitrogen and oxygen atoms in total. The van der Waals surface area contributed by atoms with Crippen molar-refractivity contribution in [3.63, 3.8) is 0 Å². The topological polar surface area (TPSA) is 152 Å². The van der Waals surface area contributed by atoms with E-state index in [0.717, 1.165) is 161 Å². The Labute approximate surface area is 893 Å². The molecule has 26 heteroatoms. The highest BCUT2D eigenvalue weighted by Gasteiger charge is 2.64. The van der Waals surface area contributed by atoms with E-state index in [1.165, 1.54) is 35.4 Å². The lowest BCUT2D eigenvalue weighted by molar-refractivity contribution is -0.0435. The molecule has 15 aromatic carbocycles. The first-order valence-electron chi connectivity index (χ1n) is 48.7. The Kier molecular flexibility index (Phi) is 27.8. The second-order valence-corrected chi connectivity index (χ2v) is 42.1. The smallest absolute Gasteiger partial charge is 0.256 e. The Balaban J connectivity index is 0.000000107. The molecule has 0 radical (unpaired) electrons. The van der Waals surface area contributed by atoms with Crippen LogP contribution < -0.4 is 0 Å². The summed E-state index contributed by atoms with van der Waals surface area (Å²) in [5.74, 6) is -0.542. The fraction of sp³-hybridized carbons (Fsp3) is 0.192. The molecule has 10 aliphatic heterocycles. The van der Waals surface area contributed by atoms with E-state index < -0.39 is 28.3 Å². The summed E-state index contributed by atoms with van der Waals surface area (Å²) in [6, 6.07) is 114. The molecular formula is C120H97BrCl5F2IN10O7. The first kappa shape index (κ1) is 99.0. The summed E-state index contributed by atoms with van der Waals surface area (Å²) >= 11 is 36.4.